The third-order valence-electron chi connectivity index (χ3n) is 1.63. The quantitative estimate of drug-likeness (QED) is 0.570. The maximum atomic E-state index is 10.3. The zero-order valence-electron chi connectivity index (χ0n) is 7.75. The van der Waals surface area contributed by atoms with Crippen molar-refractivity contribution in [3.05, 3.63) is 0 Å². The first-order valence-corrected chi connectivity index (χ1v) is 4.13. The third kappa shape index (κ3) is 6.12. The zero-order valence-corrected chi connectivity index (χ0v) is 7.75. The van der Waals surface area contributed by atoms with Gasteiger partial charge in [0, 0.05) is 20.3 Å². The van der Waals surface area contributed by atoms with Crippen LogP contribution in [0.25, 0.3) is 0 Å². The summed E-state index contributed by atoms with van der Waals surface area (Å²) >= 11 is 0. The van der Waals surface area contributed by atoms with Gasteiger partial charge in [0.25, 0.3) is 0 Å². The lowest BCUT2D eigenvalue weighted by Gasteiger charge is -2.16. The van der Waals surface area contributed by atoms with Gasteiger partial charge in [0.1, 0.15) is 0 Å². The summed E-state index contributed by atoms with van der Waals surface area (Å²) in [5.41, 5.74) is 0. The summed E-state index contributed by atoms with van der Waals surface area (Å²) in [4.78, 5) is 12.2. The van der Waals surface area contributed by atoms with E-state index in [0.29, 0.717) is 6.61 Å². The van der Waals surface area contributed by atoms with Crippen molar-refractivity contribution in [3.63, 3.8) is 0 Å². The molecule has 0 unspecified atom stereocenters. The zero-order chi connectivity index (χ0) is 9.40. The van der Waals surface area contributed by atoms with Gasteiger partial charge in [-0.1, -0.05) is 6.92 Å². The lowest BCUT2D eigenvalue weighted by Crippen LogP contribution is -2.30. The highest BCUT2D eigenvalue weighted by molar-refractivity contribution is 5.69. The van der Waals surface area contributed by atoms with Gasteiger partial charge in [0.05, 0.1) is 6.54 Å². The Morgan fingerprint density at radius 3 is 2.67 bits per heavy atom. The number of carboxylic acid groups (broad SMARTS) is 1. The molecular weight excluding hydrogens is 158 g/mol. The molecular formula is C8H17NO3. The fourth-order valence-electron chi connectivity index (χ4n) is 0.973. The molecule has 0 atom stereocenters. The Morgan fingerprint density at radius 1 is 1.58 bits per heavy atom. The summed E-state index contributed by atoms with van der Waals surface area (Å²) in [6.45, 7) is 4.33. The SMILES string of the molecule is CCN(CCCOC)CC(=O)O. The van der Waals surface area contributed by atoms with Gasteiger partial charge < -0.3 is 9.84 Å². The summed E-state index contributed by atoms with van der Waals surface area (Å²) in [5.74, 6) is -0.769. The normalized spacial score (nSPS) is 10.6. The predicted molar refractivity (Wildman–Crippen MR) is 46.2 cm³/mol. The molecule has 0 saturated heterocycles. The van der Waals surface area contributed by atoms with Crippen LogP contribution in [0.3, 0.4) is 0 Å². The maximum Gasteiger partial charge on any atom is 0.317 e. The van der Waals surface area contributed by atoms with E-state index < -0.39 is 5.97 Å². The first-order chi connectivity index (χ1) is 5.70. The Kier molecular flexibility index (Phi) is 6.70. The highest BCUT2D eigenvalue weighted by Gasteiger charge is 2.05. The van der Waals surface area contributed by atoms with Crippen LogP contribution in [0.2, 0.25) is 0 Å². The molecule has 0 aliphatic rings. The van der Waals surface area contributed by atoms with E-state index in [2.05, 4.69) is 0 Å². The van der Waals surface area contributed by atoms with Gasteiger partial charge in [-0.15, -0.1) is 0 Å². The van der Waals surface area contributed by atoms with Gasteiger partial charge in [-0.05, 0) is 13.0 Å². The number of ether oxygens (including phenoxy) is 1. The molecule has 0 rings (SSSR count). The van der Waals surface area contributed by atoms with Crippen molar-refractivity contribution in [2.75, 3.05) is 33.4 Å². The third-order valence-corrected chi connectivity index (χ3v) is 1.63. The van der Waals surface area contributed by atoms with Crippen LogP contribution in [-0.4, -0.2) is 49.3 Å². The van der Waals surface area contributed by atoms with Crippen molar-refractivity contribution in [1.82, 2.24) is 4.90 Å². The summed E-state index contributed by atoms with van der Waals surface area (Å²) in [6, 6.07) is 0. The fourth-order valence-corrected chi connectivity index (χ4v) is 0.973. The van der Waals surface area contributed by atoms with Crippen LogP contribution in [0.4, 0.5) is 0 Å². The van der Waals surface area contributed by atoms with E-state index in [0.717, 1.165) is 19.5 Å². The summed E-state index contributed by atoms with van der Waals surface area (Å²) in [7, 11) is 1.65. The van der Waals surface area contributed by atoms with Gasteiger partial charge in [0.2, 0.25) is 0 Å². The first kappa shape index (κ1) is 11.4. The molecule has 0 saturated carbocycles. The molecule has 0 aromatic rings. The topological polar surface area (TPSA) is 49.8 Å². The predicted octanol–water partition coefficient (Wildman–Crippen LogP) is 0.429. The van der Waals surface area contributed by atoms with E-state index in [1.165, 1.54) is 0 Å². The van der Waals surface area contributed by atoms with Gasteiger partial charge >= 0.3 is 5.97 Å². The molecule has 0 heterocycles. The van der Waals surface area contributed by atoms with Crippen molar-refractivity contribution in [2.45, 2.75) is 13.3 Å². The number of carbonyl (C=O) groups is 1. The van der Waals surface area contributed by atoms with Gasteiger partial charge in [-0.25, -0.2) is 0 Å². The molecule has 1 N–H and O–H groups in total. The van der Waals surface area contributed by atoms with E-state index in [9.17, 15) is 4.79 Å². The summed E-state index contributed by atoms with van der Waals surface area (Å²) in [5, 5.41) is 8.50. The molecule has 0 radical (unpaired) electrons. The summed E-state index contributed by atoms with van der Waals surface area (Å²) in [6.07, 6.45) is 0.887. The van der Waals surface area contributed by atoms with E-state index in [-0.39, 0.29) is 6.54 Å². The van der Waals surface area contributed by atoms with E-state index in [1.807, 2.05) is 11.8 Å². The Labute approximate surface area is 73.1 Å². The molecule has 4 nitrogen and oxygen atoms in total. The number of rotatable bonds is 7. The molecule has 12 heavy (non-hydrogen) atoms. The Balaban J connectivity index is 3.46. The smallest absolute Gasteiger partial charge is 0.317 e. The number of carboxylic acids is 1. The molecule has 0 bridgehead atoms. The molecule has 0 spiro atoms. The second kappa shape index (κ2) is 7.06. The maximum absolute atomic E-state index is 10.3. The van der Waals surface area contributed by atoms with E-state index in [4.69, 9.17) is 9.84 Å². The number of nitrogens with zero attached hydrogens (tertiary/aromatic N) is 1. The van der Waals surface area contributed by atoms with Crippen molar-refractivity contribution in [2.24, 2.45) is 0 Å². The minimum atomic E-state index is -0.769. The average molecular weight is 175 g/mol. The number of likely N-dealkylation sites (N-methyl/N-ethyl adjacent to an activating group) is 1. The average Bonchev–Trinajstić information content (AvgIpc) is 2.02. The summed E-state index contributed by atoms with van der Waals surface area (Å²) < 4.78 is 4.87. The lowest BCUT2D eigenvalue weighted by molar-refractivity contribution is -0.138. The molecule has 72 valence electrons. The highest BCUT2D eigenvalue weighted by Crippen LogP contribution is 1.91. The van der Waals surface area contributed by atoms with Crippen LogP contribution in [0.5, 0.6) is 0 Å². The van der Waals surface area contributed by atoms with Crippen LogP contribution < -0.4 is 0 Å². The van der Waals surface area contributed by atoms with Crippen LogP contribution in [0, 0.1) is 0 Å². The molecule has 4 heteroatoms. The standard InChI is InChI=1S/C8H17NO3/c1-3-9(7-8(10)11)5-4-6-12-2/h3-7H2,1-2H3,(H,10,11). The monoisotopic (exact) mass is 175 g/mol. The minimum Gasteiger partial charge on any atom is -0.480 e. The molecule has 0 aromatic heterocycles. The Morgan fingerprint density at radius 2 is 2.25 bits per heavy atom. The number of methoxy groups -OCH3 is 1. The largest absolute Gasteiger partial charge is 0.480 e. The molecule has 0 fully saturated rings. The molecule has 0 amide bonds. The van der Waals surface area contributed by atoms with E-state index >= 15 is 0 Å². The second-order valence-corrected chi connectivity index (χ2v) is 2.61. The van der Waals surface area contributed by atoms with Crippen LogP contribution >= 0.6 is 0 Å². The molecule has 0 aliphatic heterocycles. The van der Waals surface area contributed by atoms with Gasteiger partial charge in [0.15, 0.2) is 0 Å². The van der Waals surface area contributed by atoms with Crippen LogP contribution in [-0.2, 0) is 9.53 Å². The van der Waals surface area contributed by atoms with Crippen LogP contribution in [0.1, 0.15) is 13.3 Å². The minimum absolute atomic E-state index is 0.125. The van der Waals surface area contributed by atoms with Gasteiger partial charge in [-0.3, -0.25) is 9.69 Å². The lowest BCUT2D eigenvalue weighted by atomic mass is 10.4. The number of aliphatic carboxylic acids is 1. The highest BCUT2D eigenvalue weighted by atomic mass is 16.5. The molecule has 0 aromatic carbocycles. The van der Waals surface area contributed by atoms with Crippen molar-refractivity contribution in [3.8, 4) is 0 Å². The second-order valence-electron chi connectivity index (χ2n) is 2.61. The Hall–Kier alpha value is -0.610. The van der Waals surface area contributed by atoms with Crippen LogP contribution in [0.15, 0.2) is 0 Å². The number of hydrogen-bond acceptors (Lipinski definition) is 3. The fraction of sp³-hybridized carbons (Fsp3) is 0.875. The van der Waals surface area contributed by atoms with Crippen molar-refractivity contribution in [1.29, 1.82) is 0 Å². The number of hydrogen-bond donors (Lipinski definition) is 1. The first-order valence-electron chi connectivity index (χ1n) is 4.13. The Bertz CT molecular complexity index is 127. The van der Waals surface area contributed by atoms with E-state index in [1.54, 1.807) is 7.11 Å². The van der Waals surface area contributed by atoms with Gasteiger partial charge in [-0.2, -0.15) is 0 Å². The van der Waals surface area contributed by atoms with Crippen molar-refractivity contribution < 1.29 is 14.6 Å². The van der Waals surface area contributed by atoms with Crippen molar-refractivity contribution >= 4 is 5.97 Å². The molecule has 0 aliphatic carbocycles.